The molecule has 14 heteroatoms. The summed E-state index contributed by atoms with van der Waals surface area (Å²) >= 11 is 0. The number of carbonyl (C=O) groups excluding carboxylic acids is 1. The van der Waals surface area contributed by atoms with Crippen molar-refractivity contribution in [1.82, 2.24) is 19.1 Å². The number of benzene rings is 1. The van der Waals surface area contributed by atoms with Crippen LogP contribution in [0.1, 0.15) is 6.92 Å². The molecule has 1 aromatic carbocycles. The predicted molar refractivity (Wildman–Crippen MR) is 82.9 cm³/mol. The number of hydrogen-bond acceptors (Lipinski definition) is 7. The van der Waals surface area contributed by atoms with Gasteiger partial charge in [-0.1, -0.05) is 12.1 Å². The van der Waals surface area contributed by atoms with E-state index < -0.39 is 38.8 Å². The Hall–Kier alpha value is -3.03. The summed E-state index contributed by atoms with van der Waals surface area (Å²) in [6, 6.07) is 2.03. The molecular weight excluding hydrogens is 397 g/mol. The van der Waals surface area contributed by atoms with E-state index in [-0.39, 0.29) is 17.3 Å². The van der Waals surface area contributed by atoms with Crippen LogP contribution < -0.4 is 19.9 Å². The molecule has 1 amide bonds. The number of carbonyl (C=O) groups is 1. The lowest BCUT2D eigenvalue weighted by Gasteiger charge is -2.13. The van der Waals surface area contributed by atoms with Gasteiger partial charge in [-0.2, -0.15) is 0 Å². The van der Waals surface area contributed by atoms with Crippen molar-refractivity contribution in [3.63, 3.8) is 0 Å². The Morgan fingerprint density at radius 1 is 1.30 bits per heavy atom. The third-order valence-electron chi connectivity index (χ3n) is 2.99. The molecule has 148 valence electrons. The average Bonchev–Trinajstić information content (AvgIpc) is 2.82. The SMILES string of the molecule is CCOc1nn(C(=O)NS(=O)(=O)c2ccccc2OC(F)(F)F)c(=O)n1C. The van der Waals surface area contributed by atoms with Gasteiger partial charge in [0.1, 0.15) is 10.6 Å². The second-order valence-electron chi connectivity index (χ2n) is 4.87. The molecular formula is C13H13F3N4O6S. The highest BCUT2D eigenvalue weighted by atomic mass is 32.2. The van der Waals surface area contributed by atoms with E-state index in [0.29, 0.717) is 0 Å². The first kappa shape index (κ1) is 20.3. The molecule has 0 radical (unpaired) electrons. The summed E-state index contributed by atoms with van der Waals surface area (Å²) in [5.74, 6) is -1.05. The van der Waals surface area contributed by atoms with Gasteiger partial charge in [0, 0.05) is 7.05 Å². The number of halogens is 3. The Morgan fingerprint density at radius 3 is 2.52 bits per heavy atom. The van der Waals surface area contributed by atoms with Crippen molar-refractivity contribution in [2.75, 3.05) is 6.61 Å². The molecule has 1 N–H and O–H groups in total. The largest absolute Gasteiger partial charge is 0.573 e. The Balaban J connectivity index is 2.36. The van der Waals surface area contributed by atoms with Crippen LogP contribution in [-0.4, -0.2) is 41.8 Å². The number of nitrogens with one attached hydrogen (secondary N) is 1. The first-order chi connectivity index (χ1) is 12.5. The molecule has 0 aliphatic carbocycles. The van der Waals surface area contributed by atoms with E-state index in [1.54, 1.807) is 6.92 Å². The molecule has 0 atom stereocenters. The Bertz CT molecular complexity index is 1010. The van der Waals surface area contributed by atoms with Gasteiger partial charge in [0.25, 0.3) is 10.0 Å². The number of aromatic nitrogens is 3. The van der Waals surface area contributed by atoms with Crippen LogP contribution in [0, 0.1) is 0 Å². The Labute approximate surface area is 150 Å². The van der Waals surface area contributed by atoms with Crippen molar-refractivity contribution in [2.24, 2.45) is 7.05 Å². The number of para-hydroxylation sites is 1. The highest BCUT2D eigenvalue weighted by molar-refractivity contribution is 7.90. The maximum Gasteiger partial charge on any atom is 0.573 e. The topological polar surface area (TPSA) is 122 Å². The van der Waals surface area contributed by atoms with Crippen molar-refractivity contribution in [1.29, 1.82) is 0 Å². The van der Waals surface area contributed by atoms with Crippen LogP contribution in [0.15, 0.2) is 34.0 Å². The van der Waals surface area contributed by atoms with E-state index in [9.17, 15) is 31.2 Å². The fourth-order valence-electron chi connectivity index (χ4n) is 1.90. The summed E-state index contributed by atoms with van der Waals surface area (Å²) < 4.78 is 73.0. The van der Waals surface area contributed by atoms with Crippen LogP contribution in [0.3, 0.4) is 0 Å². The molecule has 2 aromatic rings. The summed E-state index contributed by atoms with van der Waals surface area (Å²) in [5, 5.41) is 3.52. The monoisotopic (exact) mass is 410 g/mol. The highest BCUT2D eigenvalue weighted by Crippen LogP contribution is 2.29. The van der Waals surface area contributed by atoms with Crippen molar-refractivity contribution in [3.8, 4) is 11.8 Å². The smallest absolute Gasteiger partial charge is 0.464 e. The van der Waals surface area contributed by atoms with Gasteiger partial charge in [-0.05, 0) is 19.1 Å². The lowest BCUT2D eigenvalue weighted by Crippen LogP contribution is -2.40. The van der Waals surface area contributed by atoms with Crippen LogP contribution in [0.4, 0.5) is 18.0 Å². The average molecular weight is 410 g/mol. The minimum absolute atomic E-state index is 0.117. The fraction of sp³-hybridized carbons (Fsp3) is 0.308. The van der Waals surface area contributed by atoms with Crippen LogP contribution in [0.2, 0.25) is 0 Å². The molecule has 0 unspecified atom stereocenters. The van der Waals surface area contributed by atoms with Gasteiger partial charge in [0.05, 0.1) is 6.61 Å². The maximum atomic E-state index is 12.4. The molecule has 10 nitrogen and oxygen atoms in total. The number of nitrogens with zero attached hydrogens (tertiary/aromatic N) is 3. The van der Waals surface area contributed by atoms with Crippen LogP contribution in [0.25, 0.3) is 0 Å². The van der Waals surface area contributed by atoms with Crippen LogP contribution >= 0.6 is 0 Å². The van der Waals surface area contributed by atoms with Crippen LogP contribution in [-0.2, 0) is 17.1 Å². The number of hydrogen-bond donors (Lipinski definition) is 1. The van der Waals surface area contributed by atoms with E-state index in [1.807, 2.05) is 0 Å². The van der Waals surface area contributed by atoms with E-state index >= 15 is 0 Å². The highest BCUT2D eigenvalue weighted by Gasteiger charge is 2.34. The maximum absolute atomic E-state index is 12.4. The molecule has 0 fully saturated rings. The first-order valence-corrected chi connectivity index (χ1v) is 8.65. The number of alkyl halides is 3. The predicted octanol–water partition coefficient (Wildman–Crippen LogP) is 0.826. The van der Waals surface area contributed by atoms with Crippen molar-refractivity contribution in [2.45, 2.75) is 18.2 Å². The lowest BCUT2D eigenvalue weighted by molar-refractivity contribution is -0.275. The summed E-state index contributed by atoms with van der Waals surface area (Å²) in [7, 11) is -3.59. The van der Waals surface area contributed by atoms with Gasteiger partial charge in [0.2, 0.25) is 0 Å². The molecule has 0 aliphatic heterocycles. The van der Waals surface area contributed by atoms with E-state index in [1.165, 1.54) is 11.8 Å². The molecule has 0 saturated heterocycles. The van der Waals surface area contributed by atoms with Crippen molar-refractivity contribution < 1.29 is 35.9 Å². The second-order valence-corrected chi connectivity index (χ2v) is 6.52. The van der Waals surface area contributed by atoms with Gasteiger partial charge in [-0.3, -0.25) is 0 Å². The quantitative estimate of drug-likeness (QED) is 0.775. The van der Waals surface area contributed by atoms with Gasteiger partial charge < -0.3 is 9.47 Å². The number of ether oxygens (including phenoxy) is 2. The zero-order chi connectivity index (χ0) is 20.4. The first-order valence-electron chi connectivity index (χ1n) is 7.17. The third kappa shape index (κ3) is 4.58. The molecule has 0 bridgehead atoms. The third-order valence-corrected chi connectivity index (χ3v) is 4.35. The molecule has 1 aromatic heterocycles. The summed E-state index contributed by atoms with van der Waals surface area (Å²) in [6.45, 7) is 1.71. The summed E-state index contributed by atoms with van der Waals surface area (Å²) in [6.07, 6.45) is -5.15. The number of rotatable bonds is 5. The van der Waals surface area contributed by atoms with E-state index in [2.05, 4.69) is 9.84 Å². The van der Waals surface area contributed by atoms with Crippen LogP contribution in [0.5, 0.6) is 11.8 Å². The lowest BCUT2D eigenvalue weighted by atomic mass is 10.3. The Morgan fingerprint density at radius 2 is 1.93 bits per heavy atom. The molecule has 1 heterocycles. The van der Waals surface area contributed by atoms with Gasteiger partial charge in [-0.25, -0.2) is 27.3 Å². The van der Waals surface area contributed by atoms with Gasteiger partial charge >= 0.3 is 24.1 Å². The molecule has 2 rings (SSSR count). The molecule has 0 spiro atoms. The van der Waals surface area contributed by atoms with Crippen molar-refractivity contribution >= 4 is 16.1 Å². The Kier molecular flexibility index (Phi) is 5.48. The van der Waals surface area contributed by atoms with Gasteiger partial charge in [0.15, 0.2) is 0 Å². The number of sulfonamides is 1. The molecule has 0 saturated carbocycles. The van der Waals surface area contributed by atoms with Gasteiger partial charge in [-0.15, -0.1) is 23.0 Å². The van der Waals surface area contributed by atoms with E-state index in [4.69, 9.17) is 4.74 Å². The minimum atomic E-state index is -5.15. The fourth-order valence-corrected chi connectivity index (χ4v) is 2.96. The summed E-state index contributed by atoms with van der Waals surface area (Å²) in [4.78, 5) is 23.1. The number of amides is 1. The second kappa shape index (κ2) is 7.30. The molecule has 0 aliphatic rings. The minimum Gasteiger partial charge on any atom is -0.464 e. The van der Waals surface area contributed by atoms with Crippen molar-refractivity contribution in [3.05, 3.63) is 34.7 Å². The standard InChI is InChI=1S/C13H13F3N4O6S/c1-3-25-11-17-20(12(22)19(11)2)10(21)18-27(23,24)9-7-5-4-6-8(9)26-13(14,15)16/h4-7H,3H2,1-2H3,(H,18,21). The van der Waals surface area contributed by atoms with E-state index in [0.717, 1.165) is 28.8 Å². The molecule has 27 heavy (non-hydrogen) atoms. The normalized spacial score (nSPS) is 11.9. The summed E-state index contributed by atoms with van der Waals surface area (Å²) in [5.41, 5.74) is -1.02. The zero-order valence-corrected chi connectivity index (χ0v) is 14.7. The zero-order valence-electron chi connectivity index (χ0n) is 13.8.